The summed E-state index contributed by atoms with van der Waals surface area (Å²) in [7, 11) is 1.68. The number of halogens is 2. The number of benzene rings is 1. The van der Waals surface area contributed by atoms with Crippen LogP contribution in [0.25, 0.3) is 15.2 Å². The first-order valence-electron chi connectivity index (χ1n) is 6.59. The van der Waals surface area contributed by atoms with Crippen LogP contribution in [-0.4, -0.2) is 16.5 Å². The van der Waals surface area contributed by atoms with Crippen LogP contribution in [0, 0.1) is 0 Å². The normalized spacial score (nSPS) is 11.5. The number of rotatable bonds is 2. The van der Waals surface area contributed by atoms with Gasteiger partial charge in [-0.1, -0.05) is 32.1 Å². The van der Waals surface area contributed by atoms with Crippen LogP contribution in [0.5, 0.6) is 0 Å². The molecule has 0 aliphatic carbocycles. The van der Waals surface area contributed by atoms with Crippen molar-refractivity contribution in [1.29, 1.82) is 0 Å². The molecule has 2 aromatic heterocycles. The van der Waals surface area contributed by atoms with Crippen LogP contribution in [0.1, 0.15) is 32.0 Å². The van der Waals surface area contributed by atoms with Crippen molar-refractivity contribution >= 4 is 57.0 Å². The van der Waals surface area contributed by atoms with E-state index >= 15 is 0 Å². The molecule has 0 radical (unpaired) electrons. The molecule has 0 unspecified atom stereocenters. The standard InChI is InChI=1S/C15H19N3OS.2ClH/c1-15(2,3)13-7-18-11-6-10(16)9(8-19-4)5-12(11)20-14(18)17-13;;/h5-7H,8,16H2,1-4H3;2*1H. The predicted molar refractivity (Wildman–Crippen MR) is 98.9 cm³/mol. The number of nitrogens with zero attached hydrogens (tertiary/aromatic N) is 2. The first kappa shape index (κ1) is 19.0. The fourth-order valence-corrected chi connectivity index (χ4v) is 3.30. The van der Waals surface area contributed by atoms with E-state index in [0.29, 0.717) is 6.61 Å². The number of fused-ring (bicyclic) bond motifs is 3. The molecule has 0 saturated heterocycles. The number of ether oxygens (including phenoxy) is 1. The Hall–Kier alpha value is -1.01. The zero-order valence-corrected chi connectivity index (χ0v) is 15.5. The van der Waals surface area contributed by atoms with E-state index in [1.165, 1.54) is 4.70 Å². The number of methoxy groups -OCH3 is 1. The highest BCUT2D eigenvalue weighted by Gasteiger charge is 2.19. The predicted octanol–water partition coefficient (Wildman–Crippen LogP) is 4.42. The lowest BCUT2D eigenvalue weighted by atomic mass is 9.93. The van der Waals surface area contributed by atoms with Crippen LogP contribution < -0.4 is 5.73 Å². The van der Waals surface area contributed by atoms with E-state index in [9.17, 15) is 0 Å². The molecule has 2 N–H and O–H groups in total. The number of thiazole rings is 1. The molecule has 2 heterocycles. The minimum Gasteiger partial charge on any atom is -0.398 e. The Bertz CT molecular complexity index is 789. The summed E-state index contributed by atoms with van der Waals surface area (Å²) in [5.41, 5.74) is 10.2. The summed E-state index contributed by atoms with van der Waals surface area (Å²) < 4.78 is 8.50. The van der Waals surface area contributed by atoms with E-state index in [-0.39, 0.29) is 30.2 Å². The number of imidazole rings is 1. The van der Waals surface area contributed by atoms with Crippen molar-refractivity contribution in [1.82, 2.24) is 9.38 Å². The maximum Gasteiger partial charge on any atom is 0.194 e. The third-order valence-electron chi connectivity index (χ3n) is 3.42. The van der Waals surface area contributed by atoms with Gasteiger partial charge in [0.05, 0.1) is 22.5 Å². The summed E-state index contributed by atoms with van der Waals surface area (Å²) in [5, 5.41) is 0. The molecule has 0 atom stereocenters. The van der Waals surface area contributed by atoms with Crippen molar-refractivity contribution in [3.63, 3.8) is 0 Å². The molecule has 0 saturated carbocycles. The topological polar surface area (TPSA) is 52.5 Å². The smallest absolute Gasteiger partial charge is 0.194 e. The average Bonchev–Trinajstić information content (AvgIpc) is 2.88. The molecule has 122 valence electrons. The second kappa shape index (κ2) is 6.62. The minimum absolute atomic E-state index is 0. The van der Waals surface area contributed by atoms with Crippen LogP contribution in [0.4, 0.5) is 5.69 Å². The first-order chi connectivity index (χ1) is 9.40. The summed E-state index contributed by atoms with van der Waals surface area (Å²) in [4.78, 5) is 5.75. The summed E-state index contributed by atoms with van der Waals surface area (Å²) in [6.45, 7) is 7.06. The highest BCUT2D eigenvalue weighted by Crippen LogP contribution is 2.32. The summed E-state index contributed by atoms with van der Waals surface area (Å²) in [6, 6.07) is 4.12. The highest BCUT2D eigenvalue weighted by atomic mass is 35.5. The molecule has 7 heteroatoms. The Balaban J connectivity index is 0.00000121. The van der Waals surface area contributed by atoms with Gasteiger partial charge < -0.3 is 10.5 Å². The molecule has 0 amide bonds. The van der Waals surface area contributed by atoms with Gasteiger partial charge in [-0.2, -0.15) is 0 Å². The molecule has 0 spiro atoms. The fourth-order valence-electron chi connectivity index (χ4n) is 2.24. The van der Waals surface area contributed by atoms with Crippen LogP contribution in [-0.2, 0) is 16.8 Å². The van der Waals surface area contributed by atoms with E-state index in [1.807, 2.05) is 6.07 Å². The first-order valence-corrected chi connectivity index (χ1v) is 7.41. The number of aromatic nitrogens is 2. The van der Waals surface area contributed by atoms with Gasteiger partial charge >= 0.3 is 0 Å². The lowest BCUT2D eigenvalue weighted by molar-refractivity contribution is 0.185. The third-order valence-corrected chi connectivity index (χ3v) is 4.44. The van der Waals surface area contributed by atoms with Gasteiger partial charge in [0.25, 0.3) is 0 Å². The zero-order valence-electron chi connectivity index (χ0n) is 13.0. The Morgan fingerprint density at radius 2 is 1.95 bits per heavy atom. The lowest BCUT2D eigenvalue weighted by Gasteiger charge is -2.13. The summed E-state index contributed by atoms with van der Waals surface area (Å²) >= 11 is 1.69. The van der Waals surface area contributed by atoms with E-state index < -0.39 is 0 Å². The SMILES string of the molecule is COCc1cc2sc3nc(C(C)(C)C)cn3c2cc1N.Cl.Cl. The molecule has 0 bridgehead atoms. The Morgan fingerprint density at radius 1 is 1.27 bits per heavy atom. The Morgan fingerprint density at radius 3 is 2.55 bits per heavy atom. The molecule has 3 aromatic rings. The third kappa shape index (κ3) is 3.18. The molecular formula is C15H21Cl2N3OS. The zero-order chi connectivity index (χ0) is 14.5. The fraction of sp³-hybridized carbons (Fsp3) is 0.400. The molecule has 22 heavy (non-hydrogen) atoms. The van der Waals surface area contributed by atoms with Gasteiger partial charge in [-0.15, -0.1) is 24.8 Å². The quantitative estimate of drug-likeness (QED) is 0.687. The number of nitrogen functional groups attached to an aromatic ring is 1. The van der Waals surface area contributed by atoms with Gasteiger partial charge in [0.2, 0.25) is 0 Å². The van der Waals surface area contributed by atoms with Gasteiger partial charge in [-0.25, -0.2) is 4.98 Å². The summed E-state index contributed by atoms with van der Waals surface area (Å²) in [6.07, 6.45) is 2.11. The number of nitrogens with two attached hydrogens (primary N) is 1. The van der Waals surface area contributed by atoms with Gasteiger partial charge in [-0.05, 0) is 12.1 Å². The van der Waals surface area contributed by atoms with Crippen molar-refractivity contribution in [3.8, 4) is 0 Å². The Kier molecular flexibility index (Phi) is 5.73. The van der Waals surface area contributed by atoms with Crippen LogP contribution in [0.3, 0.4) is 0 Å². The number of anilines is 1. The lowest BCUT2D eigenvalue weighted by Crippen LogP contribution is -2.11. The molecule has 0 aliphatic rings. The van der Waals surface area contributed by atoms with Gasteiger partial charge in [0, 0.05) is 30.0 Å². The number of hydrogen-bond acceptors (Lipinski definition) is 4. The van der Waals surface area contributed by atoms with Crippen molar-refractivity contribution in [2.75, 3.05) is 12.8 Å². The van der Waals surface area contributed by atoms with Crippen LogP contribution >= 0.6 is 36.2 Å². The average molecular weight is 362 g/mol. The monoisotopic (exact) mass is 361 g/mol. The second-order valence-electron chi connectivity index (χ2n) is 6.08. The van der Waals surface area contributed by atoms with Gasteiger partial charge in [0.15, 0.2) is 4.96 Å². The second-order valence-corrected chi connectivity index (χ2v) is 7.09. The highest BCUT2D eigenvalue weighted by molar-refractivity contribution is 7.23. The molecule has 0 fully saturated rings. The van der Waals surface area contributed by atoms with E-state index in [4.69, 9.17) is 15.5 Å². The minimum atomic E-state index is 0. The van der Waals surface area contributed by atoms with Crippen molar-refractivity contribution in [3.05, 3.63) is 29.6 Å². The van der Waals surface area contributed by atoms with E-state index in [2.05, 4.69) is 37.4 Å². The van der Waals surface area contributed by atoms with Crippen molar-refractivity contribution in [2.24, 2.45) is 0 Å². The van der Waals surface area contributed by atoms with Crippen LogP contribution in [0.2, 0.25) is 0 Å². The number of hydrogen-bond donors (Lipinski definition) is 1. The molecule has 3 rings (SSSR count). The molecule has 1 aromatic carbocycles. The van der Waals surface area contributed by atoms with Gasteiger partial charge in [0.1, 0.15) is 0 Å². The largest absolute Gasteiger partial charge is 0.398 e. The van der Waals surface area contributed by atoms with Crippen molar-refractivity contribution < 1.29 is 4.74 Å². The van der Waals surface area contributed by atoms with E-state index in [0.717, 1.165) is 27.4 Å². The van der Waals surface area contributed by atoms with E-state index in [1.54, 1.807) is 18.4 Å². The maximum atomic E-state index is 6.11. The maximum absolute atomic E-state index is 6.11. The Labute approximate surface area is 146 Å². The molecule has 0 aliphatic heterocycles. The summed E-state index contributed by atoms with van der Waals surface area (Å²) in [5.74, 6) is 0. The van der Waals surface area contributed by atoms with Crippen LogP contribution in [0.15, 0.2) is 18.3 Å². The van der Waals surface area contributed by atoms with Gasteiger partial charge in [-0.3, -0.25) is 4.40 Å². The molecule has 4 nitrogen and oxygen atoms in total. The van der Waals surface area contributed by atoms with Crippen molar-refractivity contribution in [2.45, 2.75) is 32.8 Å². The molecular weight excluding hydrogens is 341 g/mol.